The van der Waals surface area contributed by atoms with Crippen LogP contribution in [-0.2, 0) is 16.1 Å². The van der Waals surface area contributed by atoms with Crippen LogP contribution in [0.15, 0.2) is 17.4 Å². The van der Waals surface area contributed by atoms with Crippen LogP contribution in [0.2, 0.25) is 0 Å². The first-order valence-corrected chi connectivity index (χ1v) is 9.83. The van der Waals surface area contributed by atoms with Gasteiger partial charge in [-0.2, -0.15) is 0 Å². The summed E-state index contributed by atoms with van der Waals surface area (Å²) in [7, 11) is 0. The minimum atomic E-state index is -0.0799. The fourth-order valence-electron chi connectivity index (χ4n) is 3.27. The minimum Gasteiger partial charge on any atom is -0.466 e. The number of ether oxygens (including phenoxy) is 1. The van der Waals surface area contributed by atoms with Crippen LogP contribution >= 0.6 is 24.0 Å². The summed E-state index contributed by atoms with van der Waals surface area (Å²) in [6.45, 7) is 10.6. The van der Waals surface area contributed by atoms with Crippen molar-refractivity contribution in [3.05, 3.63) is 18.2 Å². The van der Waals surface area contributed by atoms with Crippen LogP contribution < -0.4 is 5.32 Å². The molecule has 1 N–H and O–H groups in total. The van der Waals surface area contributed by atoms with Gasteiger partial charge in [-0.3, -0.25) is 9.79 Å². The van der Waals surface area contributed by atoms with Gasteiger partial charge in [-0.1, -0.05) is 0 Å². The molecule has 0 aliphatic carbocycles. The van der Waals surface area contributed by atoms with Crippen LogP contribution in [-0.4, -0.2) is 59.2 Å². The third-order valence-corrected chi connectivity index (χ3v) is 4.67. The monoisotopic (exact) mass is 491 g/mol. The first kappa shape index (κ1) is 23.7. The van der Waals surface area contributed by atoms with E-state index in [-0.39, 0.29) is 35.9 Å². The van der Waals surface area contributed by atoms with E-state index in [2.05, 4.69) is 26.7 Å². The second-order valence-electron chi connectivity index (χ2n) is 6.65. The molecular weight excluding hydrogens is 457 g/mol. The number of carbonyl (C=O) groups is 1. The number of imidazole rings is 1. The van der Waals surface area contributed by atoms with Crippen molar-refractivity contribution in [1.29, 1.82) is 0 Å². The number of carbonyl (C=O) groups excluding carboxylic acids is 1. The van der Waals surface area contributed by atoms with E-state index in [0.717, 1.165) is 63.6 Å². The van der Waals surface area contributed by atoms with Gasteiger partial charge in [-0.15, -0.1) is 24.0 Å². The Morgan fingerprint density at radius 3 is 2.89 bits per heavy atom. The van der Waals surface area contributed by atoms with Gasteiger partial charge in [0, 0.05) is 45.1 Å². The number of aryl methyl sites for hydroxylation is 2. The molecule has 0 saturated carbocycles. The van der Waals surface area contributed by atoms with Gasteiger partial charge >= 0.3 is 5.97 Å². The van der Waals surface area contributed by atoms with Crippen molar-refractivity contribution in [2.24, 2.45) is 10.9 Å². The van der Waals surface area contributed by atoms with Gasteiger partial charge in [0.1, 0.15) is 5.82 Å². The number of esters is 1. The topological polar surface area (TPSA) is 71.8 Å². The highest BCUT2D eigenvalue weighted by Gasteiger charge is 2.28. The zero-order valence-electron chi connectivity index (χ0n) is 16.8. The van der Waals surface area contributed by atoms with Crippen molar-refractivity contribution in [3.63, 3.8) is 0 Å². The summed E-state index contributed by atoms with van der Waals surface area (Å²) in [5.41, 5.74) is 0. The minimum absolute atomic E-state index is 0. The van der Waals surface area contributed by atoms with Gasteiger partial charge in [-0.25, -0.2) is 4.98 Å². The van der Waals surface area contributed by atoms with E-state index in [1.54, 1.807) is 0 Å². The molecule has 7 nitrogen and oxygen atoms in total. The van der Waals surface area contributed by atoms with E-state index in [1.165, 1.54) is 0 Å². The zero-order valence-corrected chi connectivity index (χ0v) is 19.1. The molecule has 2 rings (SSSR count). The van der Waals surface area contributed by atoms with Crippen LogP contribution in [0, 0.1) is 12.8 Å². The van der Waals surface area contributed by atoms with Gasteiger partial charge in [0.25, 0.3) is 0 Å². The predicted molar refractivity (Wildman–Crippen MR) is 119 cm³/mol. The standard InChI is InChI=1S/C19H33N5O2.HI/c1-4-20-19(22-10-6-7-12-23-14-11-21-16(23)3)24-13-8-9-17(15-24)18(25)26-5-2;/h11,14,17H,4-10,12-13,15H2,1-3H3,(H,20,22);1H. The number of nitrogens with zero attached hydrogens (tertiary/aromatic N) is 4. The molecular formula is C19H34IN5O2. The number of unbranched alkanes of at least 4 members (excludes halogenated alkanes) is 1. The van der Waals surface area contributed by atoms with Crippen molar-refractivity contribution in [2.45, 2.75) is 53.0 Å². The number of nitrogens with one attached hydrogen (secondary N) is 1. The molecule has 1 fully saturated rings. The second kappa shape index (κ2) is 13.0. The van der Waals surface area contributed by atoms with Crippen molar-refractivity contribution in [3.8, 4) is 0 Å². The lowest BCUT2D eigenvalue weighted by Crippen LogP contribution is -2.48. The average Bonchev–Trinajstić information content (AvgIpc) is 3.06. The van der Waals surface area contributed by atoms with Crippen LogP contribution in [0.5, 0.6) is 0 Å². The number of hydrogen-bond acceptors (Lipinski definition) is 4. The molecule has 154 valence electrons. The molecule has 0 spiro atoms. The SMILES string of the molecule is CCNC(=NCCCCn1ccnc1C)N1CCCC(C(=O)OCC)C1.I. The third-order valence-electron chi connectivity index (χ3n) is 4.67. The number of likely N-dealkylation sites (tertiary alicyclic amines) is 1. The smallest absolute Gasteiger partial charge is 0.310 e. The highest BCUT2D eigenvalue weighted by Crippen LogP contribution is 2.18. The Morgan fingerprint density at radius 2 is 2.22 bits per heavy atom. The molecule has 1 unspecified atom stereocenters. The molecule has 1 atom stereocenters. The molecule has 0 radical (unpaired) electrons. The first-order valence-electron chi connectivity index (χ1n) is 9.83. The van der Waals surface area contributed by atoms with Gasteiger partial charge in [-0.05, 0) is 46.5 Å². The van der Waals surface area contributed by atoms with Crippen LogP contribution in [0.4, 0.5) is 0 Å². The Kier molecular flexibility index (Phi) is 11.4. The molecule has 0 aromatic carbocycles. The Morgan fingerprint density at radius 1 is 1.41 bits per heavy atom. The Hall–Kier alpha value is -1.32. The van der Waals surface area contributed by atoms with Crippen molar-refractivity contribution in [2.75, 3.05) is 32.8 Å². The lowest BCUT2D eigenvalue weighted by molar-refractivity contribution is -0.149. The van der Waals surface area contributed by atoms with Gasteiger partial charge in [0.15, 0.2) is 5.96 Å². The molecule has 8 heteroatoms. The molecule has 27 heavy (non-hydrogen) atoms. The van der Waals surface area contributed by atoms with E-state index < -0.39 is 0 Å². The largest absolute Gasteiger partial charge is 0.466 e. The number of aromatic nitrogens is 2. The first-order chi connectivity index (χ1) is 12.7. The van der Waals surface area contributed by atoms with Gasteiger partial charge in [0.2, 0.25) is 0 Å². The number of piperidine rings is 1. The maximum absolute atomic E-state index is 12.0. The summed E-state index contributed by atoms with van der Waals surface area (Å²) in [6.07, 6.45) is 7.86. The number of aliphatic imine (C=N–C) groups is 1. The Balaban J connectivity index is 0.00000364. The maximum atomic E-state index is 12.0. The summed E-state index contributed by atoms with van der Waals surface area (Å²) >= 11 is 0. The highest BCUT2D eigenvalue weighted by molar-refractivity contribution is 14.0. The third kappa shape index (κ3) is 7.67. The van der Waals surface area contributed by atoms with Crippen LogP contribution in [0.1, 0.15) is 45.4 Å². The van der Waals surface area contributed by atoms with E-state index in [1.807, 2.05) is 26.2 Å². The molecule has 1 aromatic rings. The summed E-state index contributed by atoms with van der Waals surface area (Å²) in [5.74, 6) is 1.85. The zero-order chi connectivity index (χ0) is 18.8. The molecule has 0 bridgehead atoms. The van der Waals surface area contributed by atoms with E-state index in [0.29, 0.717) is 13.2 Å². The molecule has 1 aliphatic rings. The summed E-state index contributed by atoms with van der Waals surface area (Å²) in [5, 5.41) is 3.37. The quantitative estimate of drug-likeness (QED) is 0.199. The fourth-order valence-corrected chi connectivity index (χ4v) is 3.27. The lowest BCUT2D eigenvalue weighted by atomic mass is 9.98. The normalized spacial score (nSPS) is 17.4. The van der Waals surface area contributed by atoms with E-state index in [4.69, 9.17) is 9.73 Å². The number of hydrogen-bond donors (Lipinski definition) is 1. The molecule has 1 saturated heterocycles. The molecule has 1 aliphatic heterocycles. The van der Waals surface area contributed by atoms with Crippen molar-refractivity contribution >= 4 is 35.9 Å². The highest BCUT2D eigenvalue weighted by atomic mass is 127. The fraction of sp³-hybridized carbons (Fsp3) is 0.737. The second-order valence-corrected chi connectivity index (χ2v) is 6.65. The lowest BCUT2D eigenvalue weighted by Gasteiger charge is -2.34. The summed E-state index contributed by atoms with van der Waals surface area (Å²) in [6, 6.07) is 0. The molecule has 2 heterocycles. The van der Waals surface area contributed by atoms with Gasteiger partial charge < -0.3 is 19.5 Å². The summed E-state index contributed by atoms with van der Waals surface area (Å²) < 4.78 is 7.36. The van der Waals surface area contributed by atoms with Gasteiger partial charge in [0.05, 0.1) is 12.5 Å². The Bertz CT molecular complexity index is 590. The number of rotatable bonds is 8. The number of halogens is 1. The van der Waals surface area contributed by atoms with Crippen molar-refractivity contribution < 1.29 is 9.53 Å². The van der Waals surface area contributed by atoms with E-state index in [9.17, 15) is 4.79 Å². The Labute approximate surface area is 180 Å². The predicted octanol–water partition coefficient (Wildman–Crippen LogP) is 2.83. The van der Waals surface area contributed by atoms with Crippen LogP contribution in [0.25, 0.3) is 0 Å². The molecule has 1 aromatic heterocycles. The maximum Gasteiger partial charge on any atom is 0.310 e. The molecule has 0 amide bonds. The summed E-state index contributed by atoms with van der Waals surface area (Å²) in [4.78, 5) is 23.3. The number of guanidine groups is 1. The van der Waals surface area contributed by atoms with E-state index >= 15 is 0 Å². The van der Waals surface area contributed by atoms with Crippen LogP contribution in [0.3, 0.4) is 0 Å². The average molecular weight is 491 g/mol. The van der Waals surface area contributed by atoms with Crippen molar-refractivity contribution in [1.82, 2.24) is 19.8 Å².